The van der Waals surface area contributed by atoms with E-state index in [9.17, 15) is 0 Å². The molecule has 1 fully saturated rings. The van der Waals surface area contributed by atoms with Gasteiger partial charge < -0.3 is 10.2 Å². The summed E-state index contributed by atoms with van der Waals surface area (Å²) in [6.45, 7) is 15.5. The molecule has 0 aromatic heterocycles. The molecule has 0 radical (unpaired) electrons. The molecule has 0 amide bonds. The van der Waals surface area contributed by atoms with E-state index >= 15 is 0 Å². The molecular formula is C15H32N2. The van der Waals surface area contributed by atoms with Gasteiger partial charge in [-0.15, -0.1) is 0 Å². The number of piperidine rings is 1. The Morgan fingerprint density at radius 1 is 1.06 bits per heavy atom. The predicted octanol–water partition coefficient (Wildman–Crippen LogP) is 2.99. The molecule has 1 aliphatic heterocycles. The van der Waals surface area contributed by atoms with E-state index in [0.717, 1.165) is 17.8 Å². The number of nitrogens with one attached hydrogen (secondary N) is 1. The molecule has 1 N–H and O–H groups in total. The molecule has 0 aromatic carbocycles. The lowest BCUT2D eigenvalue weighted by atomic mass is 9.93. The lowest BCUT2D eigenvalue weighted by Gasteiger charge is -2.33. The van der Waals surface area contributed by atoms with Gasteiger partial charge in [0.2, 0.25) is 0 Å². The second-order valence-electron chi connectivity index (χ2n) is 6.52. The van der Waals surface area contributed by atoms with E-state index in [-0.39, 0.29) is 0 Å². The van der Waals surface area contributed by atoms with Gasteiger partial charge in [-0.1, -0.05) is 27.7 Å². The van der Waals surface area contributed by atoms with Crippen LogP contribution < -0.4 is 5.32 Å². The fourth-order valence-corrected chi connectivity index (χ4v) is 2.67. The first kappa shape index (κ1) is 15.0. The van der Waals surface area contributed by atoms with Gasteiger partial charge in [0.25, 0.3) is 0 Å². The van der Waals surface area contributed by atoms with E-state index < -0.39 is 0 Å². The number of rotatable bonds is 7. The van der Waals surface area contributed by atoms with Crippen molar-refractivity contribution in [3.8, 4) is 0 Å². The summed E-state index contributed by atoms with van der Waals surface area (Å²) in [5, 5.41) is 3.56. The average molecular weight is 240 g/mol. The van der Waals surface area contributed by atoms with Crippen LogP contribution in [0.1, 0.15) is 47.0 Å². The molecule has 0 atom stereocenters. The molecule has 1 heterocycles. The van der Waals surface area contributed by atoms with Crippen molar-refractivity contribution in [2.45, 2.75) is 47.0 Å². The summed E-state index contributed by atoms with van der Waals surface area (Å²) in [7, 11) is 0. The van der Waals surface area contributed by atoms with Crippen molar-refractivity contribution in [2.75, 3.05) is 32.7 Å². The standard InChI is InChI=1S/C15H32N2/c1-13(2)11-16-8-5-15-6-9-17(10-7-15)12-14(3)4/h13-16H,5-12H2,1-4H3. The van der Waals surface area contributed by atoms with E-state index in [4.69, 9.17) is 0 Å². The fraction of sp³-hybridized carbons (Fsp3) is 1.00. The van der Waals surface area contributed by atoms with Crippen molar-refractivity contribution >= 4 is 0 Å². The molecule has 2 nitrogen and oxygen atoms in total. The van der Waals surface area contributed by atoms with Crippen LogP contribution in [0.3, 0.4) is 0 Å². The van der Waals surface area contributed by atoms with Crippen molar-refractivity contribution in [3.63, 3.8) is 0 Å². The first-order valence-electron chi connectivity index (χ1n) is 7.51. The van der Waals surface area contributed by atoms with E-state index in [0.29, 0.717) is 0 Å². The molecule has 17 heavy (non-hydrogen) atoms. The molecule has 0 unspecified atom stereocenters. The van der Waals surface area contributed by atoms with Gasteiger partial charge >= 0.3 is 0 Å². The summed E-state index contributed by atoms with van der Waals surface area (Å²) in [4.78, 5) is 2.64. The zero-order valence-electron chi connectivity index (χ0n) is 12.3. The Bertz CT molecular complexity index is 179. The predicted molar refractivity (Wildman–Crippen MR) is 76.3 cm³/mol. The number of likely N-dealkylation sites (tertiary alicyclic amines) is 1. The Morgan fingerprint density at radius 2 is 1.71 bits per heavy atom. The maximum absolute atomic E-state index is 3.56. The number of nitrogens with zero attached hydrogens (tertiary/aromatic N) is 1. The molecule has 0 aliphatic carbocycles. The van der Waals surface area contributed by atoms with Gasteiger partial charge in [0, 0.05) is 6.54 Å². The van der Waals surface area contributed by atoms with Crippen molar-refractivity contribution in [2.24, 2.45) is 17.8 Å². The lowest BCUT2D eigenvalue weighted by Crippen LogP contribution is -2.37. The van der Waals surface area contributed by atoms with Gasteiger partial charge in [-0.3, -0.25) is 0 Å². The van der Waals surface area contributed by atoms with Crippen LogP contribution in [0.4, 0.5) is 0 Å². The van der Waals surface area contributed by atoms with Crippen LogP contribution in [0.15, 0.2) is 0 Å². The third kappa shape index (κ3) is 7.05. The minimum Gasteiger partial charge on any atom is -0.316 e. The topological polar surface area (TPSA) is 15.3 Å². The minimum atomic E-state index is 0.780. The summed E-state index contributed by atoms with van der Waals surface area (Å²) < 4.78 is 0. The second-order valence-corrected chi connectivity index (χ2v) is 6.52. The van der Waals surface area contributed by atoms with E-state index in [1.54, 1.807) is 0 Å². The van der Waals surface area contributed by atoms with Crippen LogP contribution in [-0.4, -0.2) is 37.6 Å². The van der Waals surface area contributed by atoms with Gasteiger partial charge in [-0.25, -0.2) is 0 Å². The number of hydrogen-bond donors (Lipinski definition) is 1. The van der Waals surface area contributed by atoms with Gasteiger partial charge in [0.05, 0.1) is 0 Å². The maximum atomic E-state index is 3.56. The van der Waals surface area contributed by atoms with E-state index in [2.05, 4.69) is 37.9 Å². The third-order valence-electron chi connectivity index (χ3n) is 3.61. The van der Waals surface area contributed by atoms with Gasteiger partial charge in [-0.2, -0.15) is 0 Å². The molecule has 0 spiro atoms. The summed E-state index contributed by atoms with van der Waals surface area (Å²) in [5.74, 6) is 2.57. The molecule has 1 aliphatic rings. The lowest BCUT2D eigenvalue weighted by molar-refractivity contribution is 0.163. The zero-order valence-corrected chi connectivity index (χ0v) is 12.3. The molecule has 0 bridgehead atoms. The first-order chi connectivity index (χ1) is 8.08. The van der Waals surface area contributed by atoms with Crippen LogP contribution in [0.5, 0.6) is 0 Å². The normalized spacial score (nSPS) is 19.4. The second kappa shape index (κ2) is 8.10. The molecule has 0 saturated carbocycles. The van der Waals surface area contributed by atoms with Crippen LogP contribution in [0.25, 0.3) is 0 Å². The molecule has 1 saturated heterocycles. The van der Waals surface area contributed by atoms with Gasteiger partial charge in [0.15, 0.2) is 0 Å². The molecule has 0 aromatic rings. The van der Waals surface area contributed by atoms with Crippen LogP contribution in [0.2, 0.25) is 0 Å². The van der Waals surface area contributed by atoms with E-state index in [1.165, 1.54) is 52.0 Å². The Balaban J connectivity index is 2.03. The summed E-state index contributed by atoms with van der Waals surface area (Å²) in [5.41, 5.74) is 0. The first-order valence-corrected chi connectivity index (χ1v) is 7.51. The molecule has 102 valence electrons. The highest BCUT2D eigenvalue weighted by Gasteiger charge is 2.18. The zero-order chi connectivity index (χ0) is 12.7. The quantitative estimate of drug-likeness (QED) is 0.688. The average Bonchev–Trinajstić information content (AvgIpc) is 2.25. The summed E-state index contributed by atoms with van der Waals surface area (Å²) >= 11 is 0. The molecule has 1 rings (SSSR count). The molecule has 2 heteroatoms. The SMILES string of the molecule is CC(C)CNCCC1CCN(CC(C)C)CC1. The van der Waals surface area contributed by atoms with Crippen LogP contribution in [-0.2, 0) is 0 Å². The third-order valence-corrected chi connectivity index (χ3v) is 3.61. The summed E-state index contributed by atoms with van der Waals surface area (Å²) in [6, 6.07) is 0. The van der Waals surface area contributed by atoms with Crippen molar-refractivity contribution in [1.82, 2.24) is 10.2 Å². The van der Waals surface area contributed by atoms with Crippen molar-refractivity contribution < 1.29 is 0 Å². The van der Waals surface area contributed by atoms with Crippen LogP contribution in [0, 0.1) is 17.8 Å². The van der Waals surface area contributed by atoms with Crippen LogP contribution >= 0.6 is 0 Å². The highest BCUT2D eigenvalue weighted by Crippen LogP contribution is 2.20. The Labute approximate surface area is 108 Å². The Morgan fingerprint density at radius 3 is 2.24 bits per heavy atom. The maximum Gasteiger partial charge on any atom is 0.000439 e. The van der Waals surface area contributed by atoms with Gasteiger partial charge in [0.1, 0.15) is 0 Å². The van der Waals surface area contributed by atoms with E-state index in [1.807, 2.05) is 0 Å². The fourth-order valence-electron chi connectivity index (χ4n) is 2.67. The number of hydrogen-bond acceptors (Lipinski definition) is 2. The van der Waals surface area contributed by atoms with Crippen molar-refractivity contribution in [1.29, 1.82) is 0 Å². The molecular weight excluding hydrogens is 208 g/mol. The summed E-state index contributed by atoms with van der Waals surface area (Å²) in [6.07, 6.45) is 4.20. The Kier molecular flexibility index (Phi) is 7.14. The Hall–Kier alpha value is -0.0800. The van der Waals surface area contributed by atoms with Crippen molar-refractivity contribution in [3.05, 3.63) is 0 Å². The highest BCUT2D eigenvalue weighted by molar-refractivity contribution is 4.73. The highest BCUT2D eigenvalue weighted by atomic mass is 15.1. The monoisotopic (exact) mass is 240 g/mol. The smallest absolute Gasteiger partial charge is 0.000439 e. The minimum absolute atomic E-state index is 0.780. The van der Waals surface area contributed by atoms with Gasteiger partial charge in [-0.05, 0) is 63.2 Å². The largest absolute Gasteiger partial charge is 0.316 e.